The average molecular weight is 256 g/mol. The molecule has 2 aliphatic rings. The van der Waals surface area contributed by atoms with Gasteiger partial charge in [0.1, 0.15) is 0 Å². The molecule has 0 aromatic rings. The summed E-state index contributed by atoms with van der Waals surface area (Å²) in [7, 11) is 0. The molecule has 2 rings (SSSR count). The van der Waals surface area contributed by atoms with Crippen molar-refractivity contribution in [1.82, 2.24) is 10.6 Å². The number of amides is 1. The Morgan fingerprint density at radius 2 is 2.06 bits per heavy atom. The second-order valence-corrected chi connectivity index (χ2v) is 5.10. The zero-order valence-electron chi connectivity index (χ0n) is 10.4. The Balaban J connectivity index is 1.80. The van der Waals surface area contributed by atoms with Crippen molar-refractivity contribution in [1.29, 1.82) is 0 Å². The molecule has 1 aliphatic carbocycles. The number of carboxylic acids is 1. The third-order valence-corrected chi connectivity index (χ3v) is 3.72. The van der Waals surface area contributed by atoms with Crippen molar-refractivity contribution < 1.29 is 19.4 Å². The van der Waals surface area contributed by atoms with Gasteiger partial charge in [0, 0.05) is 19.1 Å². The van der Waals surface area contributed by atoms with Crippen LogP contribution in [-0.2, 0) is 14.3 Å². The van der Waals surface area contributed by atoms with Gasteiger partial charge in [0.2, 0.25) is 5.91 Å². The van der Waals surface area contributed by atoms with Gasteiger partial charge in [-0.1, -0.05) is 12.8 Å². The van der Waals surface area contributed by atoms with Gasteiger partial charge < -0.3 is 20.5 Å². The maximum Gasteiger partial charge on any atom is 0.331 e. The number of aliphatic carboxylic acids is 1. The molecule has 0 aromatic carbocycles. The minimum atomic E-state index is -1.23. The fourth-order valence-corrected chi connectivity index (χ4v) is 2.56. The van der Waals surface area contributed by atoms with Crippen LogP contribution in [0.25, 0.3) is 0 Å². The van der Waals surface area contributed by atoms with Gasteiger partial charge in [-0.3, -0.25) is 4.79 Å². The summed E-state index contributed by atoms with van der Waals surface area (Å²) in [5, 5.41) is 14.9. The molecule has 18 heavy (non-hydrogen) atoms. The first-order valence-electron chi connectivity index (χ1n) is 6.48. The first kappa shape index (κ1) is 13.3. The summed E-state index contributed by atoms with van der Waals surface area (Å²) in [6.45, 7) is 0.611. The largest absolute Gasteiger partial charge is 0.479 e. The highest BCUT2D eigenvalue weighted by Crippen LogP contribution is 2.19. The lowest BCUT2D eigenvalue weighted by Crippen LogP contribution is -2.57. The van der Waals surface area contributed by atoms with Crippen molar-refractivity contribution in [2.24, 2.45) is 0 Å². The Hall–Kier alpha value is -1.14. The first-order chi connectivity index (χ1) is 8.62. The van der Waals surface area contributed by atoms with Crippen LogP contribution in [0.5, 0.6) is 0 Å². The normalized spacial score (nSPS) is 28.4. The van der Waals surface area contributed by atoms with Crippen molar-refractivity contribution in [2.75, 3.05) is 19.8 Å². The van der Waals surface area contributed by atoms with Gasteiger partial charge in [0.05, 0.1) is 13.2 Å². The molecule has 6 nitrogen and oxygen atoms in total. The Morgan fingerprint density at radius 3 is 2.61 bits per heavy atom. The Bertz CT molecular complexity index is 320. The zero-order chi connectivity index (χ0) is 13.0. The Morgan fingerprint density at radius 1 is 1.33 bits per heavy atom. The van der Waals surface area contributed by atoms with E-state index in [1.807, 2.05) is 0 Å². The van der Waals surface area contributed by atoms with E-state index in [1.165, 1.54) is 12.8 Å². The highest BCUT2D eigenvalue weighted by Gasteiger charge is 2.43. The molecule has 0 radical (unpaired) electrons. The molecular weight excluding hydrogens is 236 g/mol. The molecule has 1 saturated carbocycles. The number of ether oxygens (including phenoxy) is 1. The lowest BCUT2D eigenvalue weighted by atomic mass is 9.99. The molecule has 1 atom stereocenters. The van der Waals surface area contributed by atoms with Crippen LogP contribution < -0.4 is 10.6 Å². The summed E-state index contributed by atoms with van der Waals surface area (Å²) in [5.41, 5.74) is -1.23. The lowest BCUT2D eigenvalue weighted by Gasteiger charge is -2.24. The number of rotatable bonds is 5. The minimum absolute atomic E-state index is 0.0531. The van der Waals surface area contributed by atoms with Gasteiger partial charge in [0.25, 0.3) is 0 Å². The Labute approximate surface area is 106 Å². The summed E-state index contributed by atoms with van der Waals surface area (Å²) in [6.07, 6.45) is 4.93. The van der Waals surface area contributed by atoms with E-state index in [0.717, 1.165) is 12.8 Å². The molecule has 6 heteroatoms. The van der Waals surface area contributed by atoms with Crippen LogP contribution in [0.1, 0.15) is 32.1 Å². The molecule has 0 spiro atoms. The molecule has 1 amide bonds. The van der Waals surface area contributed by atoms with Crippen LogP contribution in [0.15, 0.2) is 0 Å². The number of hydrogen-bond donors (Lipinski definition) is 3. The van der Waals surface area contributed by atoms with Gasteiger partial charge in [-0.2, -0.15) is 0 Å². The fourth-order valence-electron chi connectivity index (χ4n) is 2.56. The van der Waals surface area contributed by atoms with Gasteiger partial charge in [-0.25, -0.2) is 4.79 Å². The highest BCUT2D eigenvalue weighted by molar-refractivity contribution is 5.88. The molecule has 2 fully saturated rings. The van der Waals surface area contributed by atoms with E-state index >= 15 is 0 Å². The highest BCUT2D eigenvalue weighted by atomic mass is 16.5. The van der Waals surface area contributed by atoms with E-state index in [0.29, 0.717) is 19.1 Å². The third-order valence-electron chi connectivity index (χ3n) is 3.72. The number of hydrogen-bond acceptors (Lipinski definition) is 4. The topological polar surface area (TPSA) is 87.7 Å². The minimum Gasteiger partial charge on any atom is -0.479 e. The second-order valence-electron chi connectivity index (χ2n) is 5.10. The molecular formula is C12H20N2O4. The predicted molar refractivity (Wildman–Crippen MR) is 64.2 cm³/mol. The van der Waals surface area contributed by atoms with Crippen molar-refractivity contribution in [3.63, 3.8) is 0 Å². The van der Waals surface area contributed by atoms with E-state index in [-0.39, 0.29) is 19.1 Å². The molecule has 3 N–H and O–H groups in total. The van der Waals surface area contributed by atoms with Crippen LogP contribution in [0.3, 0.4) is 0 Å². The van der Waals surface area contributed by atoms with E-state index in [1.54, 1.807) is 0 Å². The third kappa shape index (κ3) is 3.00. The fraction of sp³-hybridized carbons (Fsp3) is 0.833. The molecule has 1 saturated heterocycles. The Kier molecular flexibility index (Phi) is 4.19. The number of carboxylic acid groups (broad SMARTS) is 1. The van der Waals surface area contributed by atoms with Crippen molar-refractivity contribution in [2.45, 2.75) is 43.7 Å². The van der Waals surface area contributed by atoms with Crippen LogP contribution >= 0.6 is 0 Å². The van der Waals surface area contributed by atoms with Gasteiger partial charge >= 0.3 is 5.97 Å². The van der Waals surface area contributed by atoms with Crippen LogP contribution in [0, 0.1) is 0 Å². The average Bonchev–Trinajstić information content (AvgIpc) is 2.97. The number of nitrogens with one attached hydrogen (secondary N) is 2. The predicted octanol–water partition coefficient (Wildman–Crippen LogP) is -0.121. The smallest absolute Gasteiger partial charge is 0.331 e. The first-order valence-corrected chi connectivity index (χ1v) is 6.48. The maximum absolute atomic E-state index is 11.8. The van der Waals surface area contributed by atoms with Crippen LogP contribution in [0.4, 0.5) is 0 Å². The van der Waals surface area contributed by atoms with E-state index in [4.69, 9.17) is 4.74 Å². The molecule has 102 valence electrons. The standard InChI is InChI=1S/C12H20N2O4/c15-10(7-13-9-3-1-2-4-9)14-12(11(16)17)5-6-18-8-12/h9,13H,1-8H2,(H,14,15)(H,16,17). The van der Waals surface area contributed by atoms with Crippen molar-refractivity contribution >= 4 is 11.9 Å². The quantitative estimate of drug-likeness (QED) is 0.638. The number of carbonyl (C=O) groups excluding carboxylic acids is 1. The second kappa shape index (κ2) is 5.67. The lowest BCUT2D eigenvalue weighted by molar-refractivity contribution is -0.147. The van der Waals surface area contributed by atoms with Crippen molar-refractivity contribution in [3.8, 4) is 0 Å². The summed E-state index contributed by atoms with van der Waals surface area (Å²) in [6, 6.07) is 0.399. The molecule has 1 heterocycles. The monoisotopic (exact) mass is 256 g/mol. The maximum atomic E-state index is 11.8. The molecule has 0 aromatic heterocycles. The molecule has 0 bridgehead atoms. The summed E-state index contributed by atoms with van der Waals surface area (Å²) >= 11 is 0. The zero-order valence-corrected chi connectivity index (χ0v) is 10.4. The summed E-state index contributed by atoms with van der Waals surface area (Å²) in [4.78, 5) is 23.0. The molecule has 1 aliphatic heterocycles. The van der Waals surface area contributed by atoms with Gasteiger partial charge in [0.15, 0.2) is 5.54 Å². The SMILES string of the molecule is O=C(CNC1CCCC1)NC1(C(=O)O)CCOC1. The van der Waals surface area contributed by atoms with Crippen LogP contribution in [-0.4, -0.2) is 48.3 Å². The van der Waals surface area contributed by atoms with E-state index in [9.17, 15) is 14.7 Å². The summed E-state index contributed by atoms with van der Waals surface area (Å²) in [5.74, 6) is -1.29. The van der Waals surface area contributed by atoms with Crippen molar-refractivity contribution in [3.05, 3.63) is 0 Å². The molecule has 1 unspecified atom stereocenters. The van der Waals surface area contributed by atoms with Crippen LogP contribution in [0.2, 0.25) is 0 Å². The van der Waals surface area contributed by atoms with E-state index in [2.05, 4.69) is 10.6 Å². The number of carbonyl (C=O) groups is 2. The van der Waals surface area contributed by atoms with E-state index < -0.39 is 11.5 Å². The van der Waals surface area contributed by atoms with Gasteiger partial charge in [-0.15, -0.1) is 0 Å². The summed E-state index contributed by atoms with van der Waals surface area (Å²) < 4.78 is 5.08. The van der Waals surface area contributed by atoms with Gasteiger partial charge in [-0.05, 0) is 12.8 Å².